The number of thiophene rings is 1. The smallest absolute Gasteiger partial charge is 0.341 e. The van der Waals surface area contributed by atoms with Crippen LogP contribution in [0.1, 0.15) is 74.9 Å². The molecule has 0 radical (unpaired) electrons. The quantitative estimate of drug-likeness (QED) is 0.0624. The molecule has 276 valence electrons. The normalized spacial score (nSPS) is 14.4. The molecule has 3 N–H and O–H groups in total. The summed E-state index contributed by atoms with van der Waals surface area (Å²) < 4.78 is 5.46. The zero-order valence-corrected chi connectivity index (χ0v) is 32.3. The van der Waals surface area contributed by atoms with Crippen LogP contribution in [0.5, 0.6) is 0 Å². The fraction of sp³-hybridized carbons (Fsp3) is 0.209. The molecule has 8 nitrogen and oxygen atoms in total. The Morgan fingerprint density at radius 3 is 2.33 bits per heavy atom. The highest BCUT2D eigenvalue weighted by atomic mass is 35.5. The predicted octanol–water partition coefficient (Wildman–Crippen LogP) is 9.77. The van der Waals surface area contributed by atoms with Crippen molar-refractivity contribution in [3.63, 3.8) is 0 Å². The Kier molecular flexibility index (Phi) is 13.0. The largest absolute Gasteiger partial charge is 0.462 e. The number of carbonyl (C=O) groups is 4. The standard InChI is InChI=1S/C43H40ClN3O5S2/c1-3-36(41(50)47-42-38(43(51)52-4-2)34-23-20-30(25-37(34)54-42)28-12-7-5-8-13-28)53-33-17-11-16-32(26-33)45-40(49)35(24-27-18-21-31(44)22-19-27)46-39(48)29-14-9-6-10-15-29/h5-19,21-22,24,26,30,36H,3-4,20,23,25H2,1-2H3,(H,45,49)(H,46,48)(H,47,50)/b35-24-. The Bertz CT molecular complexity index is 2150. The van der Waals surface area contributed by atoms with Gasteiger partial charge in [0.1, 0.15) is 10.7 Å². The summed E-state index contributed by atoms with van der Waals surface area (Å²) in [6.45, 7) is 3.95. The van der Waals surface area contributed by atoms with Gasteiger partial charge in [0.05, 0.1) is 17.4 Å². The number of fused-ring (bicyclic) bond motifs is 1. The number of anilines is 2. The number of rotatable bonds is 13. The SMILES string of the molecule is CCOC(=O)c1c(NC(=O)C(CC)Sc2cccc(NC(=O)/C(=C/c3ccc(Cl)cc3)NC(=O)c3ccccc3)c2)sc2c1CCC(c1ccccc1)C2. The molecule has 2 atom stereocenters. The number of halogens is 1. The van der Waals surface area contributed by atoms with Gasteiger partial charge in [-0.15, -0.1) is 23.1 Å². The van der Waals surface area contributed by atoms with Crippen molar-refractivity contribution in [2.75, 3.05) is 17.2 Å². The lowest BCUT2D eigenvalue weighted by atomic mass is 9.83. The number of esters is 1. The molecule has 0 saturated carbocycles. The second-order valence-corrected chi connectivity index (χ2v) is 15.5. The first-order valence-corrected chi connectivity index (χ1v) is 19.9. The van der Waals surface area contributed by atoms with Crippen molar-refractivity contribution in [2.24, 2.45) is 0 Å². The van der Waals surface area contributed by atoms with Crippen molar-refractivity contribution in [2.45, 2.75) is 55.6 Å². The highest BCUT2D eigenvalue weighted by Crippen LogP contribution is 2.43. The molecule has 4 aromatic carbocycles. The summed E-state index contributed by atoms with van der Waals surface area (Å²) in [5.74, 6) is -1.26. The molecule has 1 aromatic heterocycles. The molecular formula is C43H40ClN3O5S2. The van der Waals surface area contributed by atoms with E-state index >= 15 is 0 Å². The zero-order chi connectivity index (χ0) is 38.0. The zero-order valence-electron chi connectivity index (χ0n) is 29.9. The van der Waals surface area contributed by atoms with Gasteiger partial charge in [0.2, 0.25) is 5.91 Å². The molecule has 0 bridgehead atoms. The van der Waals surface area contributed by atoms with E-state index in [-0.39, 0.29) is 18.2 Å². The molecule has 11 heteroatoms. The molecule has 1 heterocycles. The maximum Gasteiger partial charge on any atom is 0.341 e. The number of carbonyl (C=O) groups excluding carboxylic acids is 4. The number of benzene rings is 4. The fourth-order valence-corrected chi connectivity index (χ4v) is 8.75. The van der Waals surface area contributed by atoms with Crippen molar-refractivity contribution in [3.05, 3.63) is 153 Å². The third-order valence-corrected chi connectivity index (χ3v) is 11.8. The maximum atomic E-state index is 13.8. The minimum atomic E-state index is -0.524. The van der Waals surface area contributed by atoms with Gasteiger partial charge in [-0.05, 0) is 104 Å². The first-order valence-electron chi connectivity index (χ1n) is 17.8. The van der Waals surface area contributed by atoms with Gasteiger partial charge < -0.3 is 20.7 Å². The summed E-state index contributed by atoms with van der Waals surface area (Å²) in [6.07, 6.45) is 4.53. The Balaban J connectivity index is 1.17. The third kappa shape index (κ3) is 9.68. The Morgan fingerprint density at radius 2 is 1.63 bits per heavy atom. The van der Waals surface area contributed by atoms with Gasteiger partial charge in [0.15, 0.2) is 0 Å². The second-order valence-electron chi connectivity index (χ2n) is 12.7. The van der Waals surface area contributed by atoms with Crippen LogP contribution < -0.4 is 16.0 Å². The van der Waals surface area contributed by atoms with Crippen LogP contribution in [0.15, 0.2) is 120 Å². The molecule has 0 fully saturated rings. The van der Waals surface area contributed by atoms with Gasteiger partial charge in [-0.25, -0.2) is 4.79 Å². The Labute approximate surface area is 328 Å². The lowest BCUT2D eigenvalue weighted by Crippen LogP contribution is -2.30. The van der Waals surface area contributed by atoms with Crippen LogP contribution in [-0.2, 0) is 27.2 Å². The van der Waals surface area contributed by atoms with Crippen LogP contribution in [-0.4, -0.2) is 35.5 Å². The van der Waals surface area contributed by atoms with Crippen LogP contribution in [0.4, 0.5) is 10.7 Å². The van der Waals surface area contributed by atoms with Gasteiger partial charge in [-0.1, -0.05) is 85.3 Å². The highest BCUT2D eigenvalue weighted by molar-refractivity contribution is 8.00. The molecule has 0 saturated heterocycles. The van der Waals surface area contributed by atoms with Gasteiger partial charge in [-0.3, -0.25) is 14.4 Å². The third-order valence-electron chi connectivity index (χ3n) is 9.00. The molecule has 6 rings (SSSR count). The van der Waals surface area contributed by atoms with Gasteiger partial charge >= 0.3 is 5.97 Å². The molecule has 3 amide bonds. The number of hydrogen-bond acceptors (Lipinski definition) is 7. The van der Waals surface area contributed by atoms with E-state index in [0.717, 1.165) is 34.6 Å². The molecule has 0 aliphatic heterocycles. The Morgan fingerprint density at radius 1 is 0.907 bits per heavy atom. The number of amides is 3. The molecule has 0 spiro atoms. The van der Waals surface area contributed by atoms with Crippen molar-refractivity contribution in [1.29, 1.82) is 0 Å². The highest BCUT2D eigenvalue weighted by Gasteiger charge is 2.32. The van der Waals surface area contributed by atoms with E-state index in [1.54, 1.807) is 79.7 Å². The second kappa shape index (κ2) is 18.2. The summed E-state index contributed by atoms with van der Waals surface area (Å²) in [4.78, 5) is 55.6. The molecule has 1 aliphatic carbocycles. The van der Waals surface area contributed by atoms with Crippen LogP contribution in [0.25, 0.3) is 6.08 Å². The van der Waals surface area contributed by atoms with Gasteiger partial charge in [0.25, 0.3) is 11.8 Å². The molecular weight excluding hydrogens is 738 g/mol. The van der Waals surface area contributed by atoms with Crippen LogP contribution in [0, 0.1) is 0 Å². The first-order chi connectivity index (χ1) is 26.2. The van der Waals surface area contributed by atoms with Crippen LogP contribution in [0.3, 0.4) is 0 Å². The van der Waals surface area contributed by atoms with Crippen molar-refractivity contribution in [3.8, 4) is 0 Å². The lowest BCUT2D eigenvalue weighted by molar-refractivity contribution is -0.116. The van der Waals surface area contributed by atoms with Crippen molar-refractivity contribution < 1.29 is 23.9 Å². The van der Waals surface area contributed by atoms with E-state index in [9.17, 15) is 19.2 Å². The minimum absolute atomic E-state index is 0.0428. The van der Waals surface area contributed by atoms with Gasteiger partial charge in [-0.2, -0.15) is 0 Å². The summed E-state index contributed by atoms with van der Waals surface area (Å²) >= 11 is 8.89. The monoisotopic (exact) mass is 777 g/mol. The van der Waals surface area contributed by atoms with Crippen molar-refractivity contribution >= 4 is 75.2 Å². The average Bonchev–Trinajstić information content (AvgIpc) is 3.55. The van der Waals surface area contributed by atoms with Crippen LogP contribution >= 0.6 is 34.7 Å². The number of nitrogens with one attached hydrogen (secondary N) is 3. The molecule has 5 aromatic rings. The number of ether oxygens (including phenoxy) is 1. The minimum Gasteiger partial charge on any atom is -0.462 e. The van der Waals surface area contributed by atoms with Crippen molar-refractivity contribution in [1.82, 2.24) is 5.32 Å². The molecule has 1 aliphatic rings. The van der Waals surface area contributed by atoms with E-state index in [1.165, 1.54) is 28.7 Å². The van der Waals surface area contributed by atoms with E-state index in [2.05, 4.69) is 28.1 Å². The van der Waals surface area contributed by atoms with E-state index in [4.69, 9.17) is 16.3 Å². The maximum absolute atomic E-state index is 13.8. The summed E-state index contributed by atoms with van der Waals surface area (Å²) in [6, 6.07) is 33.1. The van der Waals surface area contributed by atoms with Gasteiger partial charge in [0, 0.05) is 26.0 Å². The van der Waals surface area contributed by atoms with Crippen LogP contribution in [0.2, 0.25) is 5.02 Å². The topological polar surface area (TPSA) is 114 Å². The summed E-state index contributed by atoms with van der Waals surface area (Å²) in [5, 5.41) is 9.30. The summed E-state index contributed by atoms with van der Waals surface area (Å²) in [5.41, 5.74) is 4.31. The lowest BCUT2D eigenvalue weighted by Gasteiger charge is -2.23. The molecule has 2 unspecified atom stereocenters. The molecule has 54 heavy (non-hydrogen) atoms. The van der Waals surface area contributed by atoms with E-state index in [1.807, 2.05) is 37.3 Å². The average molecular weight is 778 g/mol. The first kappa shape index (κ1) is 38.6. The Hall–Kier alpha value is -5.16. The summed E-state index contributed by atoms with van der Waals surface area (Å²) in [7, 11) is 0. The number of thioether (sulfide) groups is 1. The van der Waals surface area contributed by atoms with E-state index in [0.29, 0.717) is 44.7 Å². The number of hydrogen-bond donors (Lipinski definition) is 3. The van der Waals surface area contributed by atoms with E-state index < -0.39 is 23.0 Å². The predicted molar refractivity (Wildman–Crippen MR) is 218 cm³/mol. The fourth-order valence-electron chi connectivity index (χ4n) is 6.30.